The van der Waals surface area contributed by atoms with Gasteiger partial charge in [0.1, 0.15) is 5.82 Å². The van der Waals surface area contributed by atoms with Crippen molar-refractivity contribution in [2.75, 3.05) is 18.6 Å². The van der Waals surface area contributed by atoms with Crippen LogP contribution in [0.1, 0.15) is 38.9 Å². The fourth-order valence-corrected chi connectivity index (χ4v) is 2.44. The van der Waals surface area contributed by atoms with Gasteiger partial charge < -0.3 is 15.4 Å². The molecule has 3 unspecified atom stereocenters. The summed E-state index contributed by atoms with van der Waals surface area (Å²) in [5, 5.41) is 7.34. The van der Waals surface area contributed by atoms with Crippen LogP contribution in [0.2, 0.25) is 0 Å². The Morgan fingerprint density at radius 1 is 1.58 bits per heavy atom. The molecule has 1 aromatic heterocycles. The maximum Gasteiger partial charge on any atom is 0.244 e. The lowest BCUT2D eigenvalue weighted by molar-refractivity contribution is 0.111. The Bertz CT molecular complexity index is 394. The van der Waals surface area contributed by atoms with E-state index in [0.29, 0.717) is 6.04 Å². The summed E-state index contributed by atoms with van der Waals surface area (Å²) in [5.41, 5.74) is 6.11. The van der Waals surface area contributed by atoms with Gasteiger partial charge in [0.05, 0.1) is 6.10 Å². The van der Waals surface area contributed by atoms with E-state index in [-0.39, 0.29) is 12.1 Å². The van der Waals surface area contributed by atoms with Crippen molar-refractivity contribution < 1.29 is 4.74 Å². The van der Waals surface area contributed by atoms with Gasteiger partial charge in [-0.15, -0.1) is 5.10 Å². The predicted octanol–water partition coefficient (Wildman–Crippen LogP) is 1.09. The molecule has 0 saturated carbocycles. The minimum absolute atomic E-state index is 0.212. The molecular weight excluding hydrogens is 242 g/mol. The largest absolute Gasteiger partial charge is 0.382 e. The number of aromatic nitrogens is 3. The summed E-state index contributed by atoms with van der Waals surface area (Å²) in [6.45, 7) is 5.19. The molecule has 108 valence electrons. The van der Waals surface area contributed by atoms with Crippen LogP contribution in [0.3, 0.4) is 0 Å². The molecule has 1 aliphatic rings. The Morgan fingerprint density at radius 2 is 2.37 bits per heavy atom. The van der Waals surface area contributed by atoms with Gasteiger partial charge in [0.25, 0.3) is 0 Å². The summed E-state index contributed by atoms with van der Waals surface area (Å²) in [7, 11) is 1.73. The number of piperidine rings is 1. The van der Waals surface area contributed by atoms with Gasteiger partial charge in [0.2, 0.25) is 5.95 Å². The number of rotatable bonds is 5. The Labute approximate surface area is 114 Å². The smallest absolute Gasteiger partial charge is 0.244 e. The van der Waals surface area contributed by atoms with Crippen molar-refractivity contribution in [3.05, 3.63) is 5.82 Å². The van der Waals surface area contributed by atoms with E-state index in [9.17, 15) is 0 Å². The van der Waals surface area contributed by atoms with E-state index in [1.165, 1.54) is 0 Å². The number of H-pyrrole nitrogens is 1. The van der Waals surface area contributed by atoms with Crippen molar-refractivity contribution in [2.24, 2.45) is 5.73 Å². The molecule has 1 aromatic rings. The second kappa shape index (κ2) is 6.34. The van der Waals surface area contributed by atoms with Gasteiger partial charge in [-0.3, -0.25) is 5.10 Å². The van der Waals surface area contributed by atoms with Gasteiger partial charge in [0.15, 0.2) is 0 Å². The van der Waals surface area contributed by atoms with Crippen LogP contribution in [0.4, 0.5) is 5.95 Å². The molecule has 2 heterocycles. The van der Waals surface area contributed by atoms with Crippen LogP contribution in [0.5, 0.6) is 0 Å². The Morgan fingerprint density at radius 3 is 3.11 bits per heavy atom. The minimum atomic E-state index is 0.212. The highest BCUT2D eigenvalue weighted by atomic mass is 16.5. The van der Waals surface area contributed by atoms with Gasteiger partial charge in [-0.1, -0.05) is 0 Å². The van der Waals surface area contributed by atoms with Gasteiger partial charge in [-0.05, 0) is 33.1 Å². The Kier molecular flexibility index (Phi) is 4.76. The van der Waals surface area contributed by atoms with E-state index in [0.717, 1.165) is 44.0 Å². The van der Waals surface area contributed by atoms with Crippen molar-refractivity contribution in [2.45, 2.75) is 57.7 Å². The van der Waals surface area contributed by atoms with Gasteiger partial charge in [-0.25, -0.2) is 0 Å². The molecule has 6 heteroatoms. The summed E-state index contributed by atoms with van der Waals surface area (Å²) in [6.07, 6.45) is 4.24. The molecule has 0 amide bonds. The molecule has 0 radical (unpaired) electrons. The second-order valence-electron chi connectivity index (χ2n) is 5.41. The first-order valence-corrected chi connectivity index (χ1v) is 7.08. The summed E-state index contributed by atoms with van der Waals surface area (Å²) < 4.78 is 5.24. The first-order valence-electron chi connectivity index (χ1n) is 7.08. The van der Waals surface area contributed by atoms with Crippen LogP contribution in [0.25, 0.3) is 0 Å². The molecule has 6 nitrogen and oxygen atoms in total. The van der Waals surface area contributed by atoms with Crippen molar-refractivity contribution in [1.82, 2.24) is 15.2 Å². The minimum Gasteiger partial charge on any atom is -0.382 e. The average Bonchev–Trinajstić information content (AvgIpc) is 2.87. The number of hydrogen-bond donors (Lipinski definition) is 2. The summed E-state index contributed by atoms with van der Waals surface area (Å²) in [5.74, 6) is 1.70. The van der Waals surface area contributed by atoms with Crippen molar-refractivity contribution in [3.8, 4) is 0 Å². The van der Waals surface area contributed by atoms with E-state index in [1.807, 2.05) is 0 Å². The SMILES string of the molecule is COC(C)CCc1nc(N2CCCC(N)C2C)n[nH]1. The van der Waals surface area contributed by atoms with Crippen LogP contribution in [-0.2, 0) is 11.2 Å². The number of anilines is 1. The molecule has 0 aliphatic carbocycles. The molecule has 0 aromatic carbocycles. The summed E-state index contributed by atoms with van der Waals surface area (Å²) >= 11 is 0. The third-order valence-corrected chi connectivity index (χ3v) is 4.01. The monoisotopic (exact) mass is 267 g/mol. The molecule has 3 atom stereocenters. The molecule has 0 spiro atoms. The first-order chi connectivity index (χ1) is 9.11. The maximum atomic E-state index is 6.11. The van der Waals surface area contributed by atoms with Gasteiger partial charge >= 0.3 is 0 Å². The molecule has 1 aliphatic heterocycles. The van der Waals surface area contributed by atoms with E-state index in [2.05, 4.69) is 33.9 Å². The molecule has 2 rings (SSSR count). The highest BCUT2D eigenvalue weighted by molar-refractivity contribution is 5.32. The maximum absolute atomic E-state index is 6.11. The third-order valence-electron chi connectivity index (χ3n) is 4.01. The molecule has 0 bridgehead atoms. The first kappa shape index (κ1) is 14.3. The zero-order valence-electron chi connectivity index (χ0n) is 12.1. The molecule has 19 heavy (non-hydrogen) atoms. The lowest BCUT2D eigenvalue weighted by Crippen LogP contribution is -2.50. The predicted molar refractivity (Wildman–Crippen MR) is 75.2 cm³/mol. The number of aryl methyl sites for hydroxylation is 1. The summed E-state index contributed by atoms with van der Waals surface area (Å²) in [6, 6.07) is 0.513. The number of methoxy groups -OCH3 is 1. The topological polar surface area (TPSA) is 80.1 Å². The van der Waals surface area contributed by atoms with E-state index in [4.69, 9.17) is 10.5 Å². The van der Waals surface area contributed by atoms with Crippen molar-refractivity contribution >= 4 is 5.95 Å². The normalized spacial score (nSPS) is 25.6. The fourth-order valence-electron chi connectivity index (χ4n) is 2.44. The number of nitrogens with two attached hydrogens (primary N) is 1. The number of hydrogen-bond acceptors (Lipinski definition) is 5. The van der Waals surface area contributed by atoms with Crippen LogP contribution < -0.4 is 10.6 Å². The average molecular weight is 267 g/mol. The number of nitrogens with zero attached hydrogens (tertiary/aromatic N) is 3. The van der Waals surface area contributed by atoms with Gasteiger partial charge in [0, 0.05) is 32.2 Å². The Hall–Kier alpha value is -1.14. The summed E-state index contributed by atoms with van der Waals surface area (Å²) in [4.78, 5) is 6.78. The fraction of sp³-hybridized carbons (Fsp3) is 0.846. The Balaban J connectivity index is 1.96. The lowest BCUT2D eigenvalue weighted by atomic mass is 9.99. The standard InChI is InChI=1S/C13H25N5O/c1-9(19-3)6-7-12-15-13(17-16-12)18-8-4-5-11(14)10(18)2/h9-11H,4-8,14H2,1-3H3,(H,15,16,17). The number of nitrogens with one attached hydrogen (secondary N) is 1. The second-order valence-corrected chi connectivity index (χ2v) is 5.41. The quantitative estimate of drug-likeness (QED) is 0.834. The van der Waals surface area contributed by atoms with Crippen LogP contribution in [0.15, 0.2) is 0 Å². The van der Waals surface area contributed by atoms with Gasteiger partial charge in [-0.2, -0.15) is 4.98 Å². The number of ether oxygens (including phenoxy) is 1. The molecule has 1 saturated heterocycles. The zero-order valence-corrected chi connectivity index (χ0v) is 12.1. The molecule has 1 fully saturated rings. The number of aromatic amines is 1. The molecule has 3 N–H and O–H groups in total. The zero-order chi connectivity index (χ0) is 13.8. The van der Waals surface area contributed by atoms with Crippen LogP contribution in [-0.4, -0.2) is 47.0 Å². The van der Waals surface area contributed by atoms with Crippen LogP contribution >= 0.6 is 0 Å². The van der Waals surface area contributed by atoms with Crippen molar-refractivity contribution in [1.29, 1.82) is 0 Å². The highest BCUT2D eigenvalue weighted by Gasteiger charge is 2.27. The highest BCUT2D eigenvalue weighted by Crippen LogP contribution is 2.20. The van der Waals surface area contributed by atoms with Crippen molar-refractivity contribution in [3.63, 3.8) is 0 Å². The van der Waals surface area contributed by atoms with E-state index in [1.54, 1.807) is 7.11 Å². The van der Waals surface area contributed by atoms with E-state index < -0.39 is 0 Å². The lowest BCUT2D eigenvalue weighted by Gasteiger charge is -2.36. The molecular formula is C13H25N5O. The van der Waals surface area contributed by atoms with Crippen LogP contribution in [0, 0.1) is 0 Å². The van der Waals surface area contributed by atoms with E-state index >= 15 is 0 Å². The third kappa shape index (κ3) is 3.45.